The Morgan fingerprint density at radius 3 is 2.84 bits per heavy atom. The molecule has 0 saturated carbocycles. The van der Waals surface area contributed by atoms with E-state index < -0.39 is 0 Å². The maximum absolute atomic E-state index is 12.5. The summed E-state index contributed by atoms with van der Waals surface area (Å²) >= 11 is 0. The number of rotatable bonds is 4. The van der Waals surface area contributed by atoms with Crippen LogP contribution in [0.25, 0.3) is 17.1 Å². The molecule has 0 aliphatic heterocycles. The minimum atomic E-state index is -0.251. The van der Waals surface area contributed by atoms with Gasteiger partial charge in [0, 0.05) is 16.8 Å². The molecule has 2 aromatic heterocycles. The molecule has 2 aromatic carbocycles. The largest absolute Gasteiger partial charge is 0.342 e. The van der Waals surface area contributed by atoms with Gasteiger partial charge in [0.05, 0.1) is 5.69 Å². The third kappa shape index (κ3) is 3.11. The maximum Gasteiger partial charge on any atom is 0.255 e. The van der Waals surface area contributed by atoms with E-state index in [4.69, 9.17) is 4.52 Å². The minimum Gasteiger partial charge on any atom is -0.342 e. The molecule has 1 amide bonds. The molecule has 0 fully saturated rings. The van der Waals surface area contributed by atoms with Crippen LogP contribution >= 0.6 is 0 Å². The van der Waals surface area contributed by atoms with E-state index >= 15 is 0 Å². The van der Waals surface area contributed by atoms with Gasteiger partial charge in [-0.25, -0.2) is 4.68 Å². The molecule has 0 atom stereocenters. The number of anilines is 1. The zero-order chi connectivity index (χ0) is 17.1. The molecule has 0 radical (unpaired) electrons. The van der Waals surface area contributed by atoms with Gasteiger partial charge in [-0.05, 0) is 40.8 Å². The highest BCUT2D eigenvalue weighted by atomic mass is 16.5. The fourth-order valence-corrected chi connectivity index (χ4v) is 2.31. The van der Waals surface area contributed by atoms with Gasteiger partial charge < -0.3 is 9.84 Å². The van der Waals surface area contributed by atoms with Gasteiger partial charge in [0.2, 0.25) is 12.2 Å². The van der Waals surface area contributed by atoms with Crippen molar-refractivity contribution in [3.05, 3.63) is 66.8 Å². The molecule has 0 bridgehead atoms. The normalized spacial score (nSPS) is 10.6. The van der Waals surface area contributed by atoms with Gasteiger partial charge in [-0.2, -0.15) is 4.98 Å². The molecule has 25 heavy (non-hydrogen) atoms. The van der Waals surface area contributed by atoms with Crippen LogP contribution in [0.2, 0.25) is 0 Å². The van der Waals surface area contributed by atoms with E-state index in [0.717, 1.165) is 5.69 Å². The Morgan fingerprint density at radius 1 is 1.12 bits per heavy atom. The van der Waals surface area contributed by atoms with Crippen molar-refractivity contribution < 1.29 is 9.32 Å². The minimum absolute atomic E-state index is 0.251. The van der Waals surface area contributed by atoms with E-state index in [-0.39, 0.29) is 5.91 Å². The lowest BCUT2D eigenvalue weighted by atomic mass is 10.1. The highest BCUT2D eigenvalue weighted by molar-refractivity contribution is 6.05. The van der Waals surface area contributed by atoms with Crippen LogP contribution in [0.5, 0.6) is 0 Å². The Morgan fingerprint density at radius 2 is 2.04 bits per heavy atom. The summed E-state index contributed by atoms with van der Waals surface area (Å²) < 4.78 is 6.24. The first-order valence-corrected chi connectivity index (χ1v) is 7.31. The number of carbonyl (C=O) groups excluding carboxylic acids is 1. The lowest BCUT2D eigenvalue weighted by Gasteiger charge is -2.07. The van der Waals surface area contributed by atoms with Crippen molar-refractivity contribution in [2.24, 2.45) is 0 Å². The molecule has 0 aliphatic rings. The maximum atomic E-state index is 12.5. The summed E-state index contributed by atoms with van der Waals surface area (Å²) in [6, 6.07) is 14.2. The molecule has 0 saturated heterocycles. The van der Waals surface area contributed by atoms with E-state index in [1.54, 1.807) is 36.4 Å². The number of carbonyl (C=O) groups is 1. The Balaban J connectivity index is 1.57. The monoisotopic (exact) mass is 333 g/mol. The zero-order valence-electron chi connectivity index (χ0n) is 12.8. The molecule has 2 heterocycles. The molecule has 0 aliphatic carbocycles. The molecule has 0 spiro atoms. The van der Waals surface area contributed by atoms with Gasteiger partial charge in [0.25, 0.3) is 5.91 Å². The van der Waals surface area contributed by atoms with Crippen LogP contribution in [0.15, 0.2) is 65.8 Å². The number of benzene rings is 2. The van der Waals surface area contributed by atoms with Crippen molar-refractivity contribution in [3.63, 3.8) is 0 Å². The molecule has 122 valence electrons. The predicted molar refractivity (Wildman–Crippen MR) is 86.8 cm³/mol. The third-order valence-electron chi connectivity index (χ3n) is 3.46. The van der Waals surface area contributed by atoms with E-state index in [1.165, 1.54) is 17.4 Å². The van der Waals surface area contributed by atoms with Crippen LogP contribution in [0, 0.1) is 0 Å². The molecular weight excluding hydrogens is 322 g/mol. The van der Waals surface area contributed by atoms with Crippen LogP contribution in [-0.4, -0.2) is 36.3 Å². The number of aromatic nitrogens is 6. The topological polar surface area (TPSA) is 112 Å². The summed E-state index contributed by atoms with van der Waals surface area (Å²) in [6.07, 6.45) is 2.72. The Bertz CT molecular complexity index is 997. The van der Waals surface area contributed by atoms with Gasteiger partial charge in [-0.3, -0.25) is 4.79 Å². The van der Waals surface area contributed by atoms with Crippen LogP contribution in [-0.2, 0) is 0 Å². The SMILES string of the molecule is O=C(Nc1cccc(-n2cnnn2)c1)c1cccc(-c2ncon2)c1. The lowest BCUT2D eigenvalue weighted by Crippen LogP contribution is -2.12. The standard InChI is InChI=1S/C16H11N7O2/c24-16(12-4-1-3-11(7-12)15-17-10-25-20-15)19-13-5-2-6-14(8-13)23-9-18-21-22-23/h1-10H,(H,19,24). The molecule has 9 heteroatoms. The van der Waals surface area contributed by atoms with E-state index in [9.17, 15) is 4.79 Å². The van der Waals surface area contributed by atoms with E-state index in [2.05, 4.69) is 31.0 Å². The third-order valence-corrected chi connectivity index (χ3v) is 3.46. The molecule has 1 N–H and O–H groups in total. The fraction of sp³-hybridized carbons (Fsp3) is 0. The number of hydrogen-bond donors (Lipinski definition) is 1. The molecule has 4 aromatic rings. The second-order valence-electron chi connectivity index (χ2n) is 5.09. The summed E-state index contributed by atoms with van der Waals surface area (Å²) in [4.78, 5) is 16.5. The average molecular weight is 333 g/mol. The highest BCUT2D eigenvalue weighted by Crippen LogP contribution is 2.18. The van der Waals surface area contributed by atoms with E-state index in [0.29, 0.717) is 22.6 Å². The fourth-order valence-electron chi connectivity index (χ4n) is 2.31. The lowest BCUT2D eigenvalue weighted by molar-refractivity contribution is 0.102. The number of amides is 1. The second-order valence-corrected chi connectivity index (χ2v) is 5.09. The Hall–Kier alpha value is -3.88. The molecular formula is C16H11N7O2. The van der Waals surface area contributed by atoms with Gasteiger partial charge in [0.15, 0.2) is 0 Å². The quantitative estimate of drug-likeness (QED) is 0.607. The first-order valence-electron chi connectivity index (χ1n) is 7.31. The average Bonchev–Trinajstić information content (AvgIpc) is 3.36. The zero-order valence-corrected chi connectivity index (χ0v) is 12.8. The van der Waals surface area contributed by atoms with Crippen molar-refractivity contribution in [2.45, 2.75) is 0 Å². The van der Waals surface area contributed by atoms with Crippen LogP contribution in [0.1, 0.15) is 10.4 Å². The van der Waals surface area contributed by atoms with Crippen molar-refractivity contribution in [3.8, 4) is 17.1 Å². The van der Waals surface area contributed by atoms with Crippen LogP contribution in [0.3, 0.4) is 0 Å². The number of tetrazole rings is 1. The van der Waals surface area contributed by atoms with Gasteiger partial charge >= 0.3 is 0 Å². The number of nitrogens with one attached hydrogen (secondary N) is 1. The predicted octanol–water partition coefficient (Wildman–Crippen LogP) is 1.96. The highest BCUT2D eigenvalue weighted by Gasteiger charge is 2.10. The summed E-state index contributed by atoms with van der Waals surface area (Å²) in [5.74, 6) is 0.175. The van der Waals surface area contributed by atoms with Gasteiger partial charge in [-0.1, -0.05) is 23.4 Å². The van der Waals surface area contributed by atoms with Crippen LogP contribution < -0.4 is 5.32 Å². The van der Waals surface area contributed by atoms with Crippen molar-refractivity contribution in [1.29, 1.82) is 0 Å². The Kier molecular flexibility index (Phi) is 3.71. The van der Waals surface area contributed by atoms with Crippen molar-refractivity contribution in [2.75, 3.05) is 5.32 Å². The molecule has 0 unspecified atom stereocenters. The first kappa shape index (κ1) is 14.7. The van der Waals surface area contributed by atoms with E-state index in [1.807, 2.05) is 12.1 Å². The number of nitrogens with zero attached hydrogens (tertiary/aromatic N) is 6. The van der Waals surface area contributed by atoms with Crippen molar-refractivity contribution >= 4 is 11.6 Å². The summed E-state index contributed by atoms with van der Waals surface area (Å²) in [6.45, 7) is 0. The van der Waals surface area contributed by atoms with Gasteiger partial charge in [-0.15, -0.1) is 5.10 Å². The summed E-state index contributed by atoms with van der Waals surface area (Å²) in [7, 11) is 0. The first-order chi connectivity index (χ1) is 12.3. The summed E-state index contributed by atoms with van der Waals surface area (Å²) in [5.41, 5.74) is 2.55. The van der Waals surface area contributed by atoms with Gasteiger partial charge in [0.1, 0.15) is 6.33 Å². The molecule has 9 nitrogen and oxygen atoms in total. The second kappa shape index (κ2) is 6.32. The van der Waals surface area contributed by atoms with Crippen molar-refractivity contribution in [1.82, 2.24) is 30.3 Å². The summed E-state index contributed by atoms with van der Waals surface area (Å²) in [5, 5.41) is 17.6. The Labute approximate surface area is 141 Å². The number of hydrogen-bond acceptors (Lipinski definition) is 7. The molecule has 4 rings (SSSR count). The van der Waals surface area contributed by atoms with Crippen LogP contribution in [0.4, 0.5) is 5.69 Å². The smallest absolute Gasteiger partial charge is 0.255 e.